The summed E-state index contributed by atoms with van der Waals surface area (Å²) >= 11 is 1.89. The van der Waals surface area contributed by atoms with E-state index in [1.165, 1.54) is 41.3 Å². The Morgan fingerprint density at radius 3 is 2.42 bits per heavy atom. The van der Waals surface area contributed by atoms with E-state index in [4.69, 9.17) is 4.98 Å². The van der Waals surface area contributed by atoms with E-state index in [0.29, 0.717) is 11.3 Å². The second-order valence-electron chi connectivity index (χ2n) is 7.05. The van der Waals surface area contributed by atoms with Crippen molar-refractivity contribution in [3.05, 3.63) is 15.6 Å². The van der Waals surface area contributed by atoms with Gasteiger partial charge in [-0.25, -0.2) is 4.98 Å². The van der Waals surface area contributed by atoms with Crippen LogP contribution < -0.4 is 5.32 Å². The van der Waals surface area contributed by atoms with Gasteiger partial charge in [-0.15, -0.1) is 11.3 Å². The van der Waals surface area contributed by atoms with Gasteiger partial charge in [0.15, 0.2) is 0 Å². The van der Waals surface area contributed by atoms with E-state index in [2.05, 4.69) is 47.0 Å². The molecule has 0 amide bonds. The maximum Gasteiger partial charge on any atom is 0.114 e. The summed E-state index contributed by atoms with van der Waals surface area (Å²) in [4.78, 5) is 6.26. The third kappa shape index (κ3) is 2.59. The van der Waals surface area contributed by atoms with Crippen LogP contribution in [0.5, 0.6) is 0 Å². The molecule has 1 aromatic rings. The summed E-state index contributed by atoms with van der Waals surface area (Å²) < 4.78 is 0. The molecular formula is C16H28N2S. The average Bonchev–Trinajstić information content (AvgIpc) is 2.69. The minimum atomic E-state index is 0.0835. The van der Waals surface area contributed by atoms with Gasteiger partial charge in [0.2, 0.25) is 0 Å². The molecule has 0 aromatic carbocycles. The number of hydrogen-bond donors (Lipinski definition) is 1. The summed E-state index contributed by atoms with van der Waals surface area (Å²) in [7, 11) is 2.12. The molecule has 1 aliphatic rings. The molecule has 2 nitrogen and oxygen atoms in total. The number of thiazole rings is 1. The highest BCUT2D eigenvalue weighted by molar-refractivity contribution is 7.11. The standard InChI is InChI=1S/C16H28N2S/c1-11-12(2)19-14(18-11)16(17-6)10-8-7-9-13(16)15(3,4)5/h13,17H,7-10H2,1-6H3. The van der Waals surface area contributed by atoms with Crippen LogP contribution in [0.3, 0.4) is 0 Å². The molecule has 0 spiro atoms. The van der Waals surface area contributed by atoms with Gasteiger partial charge >= 0.3 is 0 Å². The fourth-order valence-corrected chi connectivity index (χ4v) is 4.87. The molecule has 2 rings (SSSR count). The molecule has 1 saturated carbocycles. The third-order valence-corrected chi connectivity index (χ3v) is 6.06. The lowest BCUT2D eigenvalue weighted by molar-refractivity contribution is 0.0535. The van der Waals surface area contributed by atoms with E-state index in [-0.39, 0.29) is 5.54 Å². The number of hydrogen-bond acceptors (Lipinski definition) is 3. The summed E-state index contributed by atoms with van der Waals surface area (Å²) in [6, 6.07) is 0. The number of aromatic nitrogens is 1. The monoisotopic (exact) mass is 280 g/mol. The third-order valence-electron chi connectivity index (χ3n) is 4.81. The molecule has 0 radical (unpaired) electrons. The predicted molar refractivity (Wildman–Crippen MR) is 83.7 cm³/mol. The Balaban J connectivity index is 2.49. The van der Waals surface area contributed by atoms with Gasteiger partial charge < -0.3 is 5.32 Å². The van der Waals surface area contributed by atoms with Crippen LogP contribution in [0.4, 0.5) is 0 Å². The summed E-state index contributed by atoms with van der Waals surface area (Å²) in [5, 5.41) is 4.99. The molecule has 1 aliphatic carbocycles. The predicted octanol–water partition coefficient (Wildman–Crippen LogP) is 4.41. The zero-order valence-corrected chi connectivity index (χ0v) is 14.1. The highest BCUT2D eigenvalue weighted by atomic mass is 32.1. The molecule has 108 valence electrons. The fraction of sp³-hybridized carbons (Fsp3) is 0.812. The number of aryl methyl sites for hydroxylation is 2. The molecule has 19 heavy (non-hydrogen) atoms. The number of rotatable bonds is 2. The van der Waals surface area contributed by atoms with Crippen molar-refractivity contribution in [1.29, 1.82) is 0 Å². The van der Waals surface area contributed by atoms with E-state index >= 15 is 0 Å². The largest absolute Gasteiger partial charge is 0.308 e. The Morgan fingerprint density at radius 1 is 1.26 bits per heavy atom. The Labute approximate surface area is 122 Å². The van der Waals surface area contributed by atoms with Crippen LogP contribution in [0.1, 0.15) is 62.0 Å². The maximum absolute atomic E-state index is 4.90. The Kier molecular flexibility index (Phi) is 4.08. The molecule has 1 N–H and O–H groups in total. The minimum Gasteiger partial charge on any atom is -0.308 e. The minimum absolute atomic E-state index is 0.0835. The first kappa shape index (κ1) is 15.0. The molecule has 0 bridgehead atoms. The van der Waals surface area contributed by atoms with Gasteiger partial charge in [0.05, 0.1) is 11.2 Å². The van der Waals surface area contributed by atoms with Crippen molar-refractivity contribution in [2.45, 2.75) is 65.8 Å². The van der Waals surface area contributed by atoms with E-state index in [1.807, 2.05) is 11.3 Å². The van der Waals surface area contributed by atoms with Gasteiger partial charge in [-0.2, -0.15) is 0 Å². The smallest absolute Gasteiger partial charge is 0.114 e. The topological polar surface area (TPSA) is 24.9 Å². The van der Waals surface area contributed by atoms with E-state index in [0.717, 1.165) is 0 Å². The maximum atomic E-state index is 4.90. The van der Waals surface area contributed by atoms with Crippen molar-refractivity contribution in [2.75, 3.05) is 7.05 Å². The van der Waals surface area contributed by atoms with Gasteiger partial charge in [0.1, 0.15) is 5.01 Å². The molecule has 2 atom stereocenters. The molecule has 2 unspecified atom stereocenters. The van der Waals surface area contributed by atoms with Crippen LogP contribution in [0, 0.1) is 25.2 Å². The van der Waals surface area contributed by atoms with Crippen molar-refractivity contribution in [1.82, 2.24) is 10.3 Å². The van der Waals surface area contributed by atoms with Crippen molar-refractivity contribution in [3.63, 3.8) is 0 Å². The molecule has 1 fully saturated rings. The van der Waals surface area contributed by atoms with Crippen LogP contribution in [0.15, 0.2) is 0 Å². The first-order valence-electron chi connectivity index (χ1n) is 7.44. The summed E-state index contributed by atoms with van der Waals surface area (Å²) in [5.74, 6) is 0.656. The quantitative estimate of drug-likeness (QED) is 0.868. The number of nitrogens with one attached hydrogen (secondary N) is 1. The van der Waals surface area contributed by atoms with Gasteiger partial charge in [0.25, 0.3) is 0 Å². The lowest BCUT2D eigenvalue weighted by Gasteiger charge is -2.49. The van der Waals surface area contributed by atoms with Crippen molar-refractivity contribution in [3.8, 4) is 0 Å². The summed E-state index contributed by atoms with van der Waals surface area (Å²) in [5.41, 5.74) is 1.60. The van der Waals surface area contributed by atoms with Crippen LogP contribution >= 0.6 is 11.3 Å². The van der Waals surface area contributed by atoms with E-state index in [1.54, 1.807) is 0 Å². The average molecular weight is 280 g/mol. The molecule has 0 saturated heterocycles. The molecule has 0 aliphatic heterocycles. The van der Waals surface area contributed by atoms with Crippen LogP contribution in [0.2, 0.25) is 0 Å². The first-order valence-corrected chi connectivity index (χ1v) is 8.26. The summed E-state index contributed by atoms with van der Waals surface area (Å²) in [6.45, 7) is 11.5. The van der Waals surface area contributed by atoms with Gasteiger partial charge in [0, 0.05) is 4.88 Å². The van der Waals surface area contributed by atoms with E-state index < -0.39 is 0 Å². The highest BCUT2D eigenvalue weighted by Crippen LogP contribution is 2.50. The zero-order valence-electron chi connectivity index (χ0n) is 13.3. The SMILES string of the molecule is CNC1(c2nc(C)c(C)s2)CCCCC1C(C)(C)C. The normalized spacial score (nSPS) is 28.6. The first-order chi connectivity index (χ1) is 8.81. The van der Waals surface area contributed by atoms with E-state index in [9.17, 15) is 0 Å². The van der Waals surface area contributed by atoms with Crippen molar-refractivity contribution >= 4 is 11.3 Å². The Bertz CT molecular complexity index is 425. The van der Waals surface area contributed by atoms with Crippen LogP contribution in [-0.2, 0) is 5.54 Å². The van der Waals surface area contributed by atoms with Gasteiger partial charge in [-0.05, 0) is 45.1 Å². The van der Waals surface area contributed by atoms with Gasteiger partial charge in [-0.3, -0.25) is 0 Å². The van der Waals surface area contributed by atoms with Crippen LogP contribution in [0.25, 0.3) is 0 Å². The number of nitrogens with zero attached hydrogens (tertiary/aromatic N) is 1. The Morgan fingerprint density at radius 2 is 1.95 bits per heavy atom. The molecule has 1 aromatic heterocycles. The fourth-order valence-electron chi connectivity index (χ4n) is 3.67. The second-order valence-corrected chi connectivity index (χ2v) is 8.25. The highest BCUT2D eigenvalue weighted by Gasteiger charge is 2.48. The zero-order chi connectivity index (χ0) is 14.3. The van der Waals surface area contributed by atoms with Gasteiger partial charge in [-0.1, -0.05) is 33.6 Å². The Hall–Kier alpha value is -0.410. The lowest BCUT2D eigenvalue weighted by Crippen LogP contribution is -2.53. The van der Waals surface area contributed by atoms with Crippen LogP contribution in [-0.4, -0.2) is 12.0 Å². The van der Waals surface area contributed by atoms with Crippen molar-refractivity contribution in [2.24, 2.45) is 11.3 Å². The van der Waals surface area contributed by atoms with Crippen molar-refractivity contribution < 1.29 is 0 Å². The molecule has 3 heteroatoms. The molecular weight excluding hydrogens is 252 g/mol. The lowest BCUT2D eigenvalue weighted by atomic mass is 9.62. The molecule has 1 heterocycles. The summed E-state index contributed by atoms with van der Waals surface area (Å²) in [6.07, 6.45) is 5.19. The second kappa shape index (κ2) is 5.17.